The van der Waals surface area contributed by atoms with Crippen molar-refractivity contribution < 1.29 is 13.9 Å². The van der Waals surface area contributed by atoms with Crippen molar-refractivity contribution in [2.45, 2.75) is 20.5 Å². The number of nitrogens with one attached hydrogen (secondary N) is 1. The zero-order valence-electron chi connectivity index (χ0n) is 17.9. The number of benzene rings is 2. The first-order valence-corrected chi connectivity index (χ1v) is 10.5. The van der Waals surface area contributed by atoms with Crippen LogP contribution in [0.1, 0.15) is 35.7 Å². The van der Waals surface area contributed by atoms with E-state index in [0.29, 0.717) is 17.9 Å². The normalized spacial score (nSPS) is 11.5. The second-order valence-electron chi connectivity index (χ2n) is 6.77. The lowest BCUT2D eigenvalue weighted by Gasteiger charge is -2.16. The van der Waals surface area contributed by atoms with Crippen LogP contribution in [0.4, 0.5) is 0 Å². The number of amides is 1. The van der Waals surface area contributed by atoms with Gasteiger partial charge in [0.05, 0.1) is 13.8 Å². The lowest BCUT2D eigenvalue weighted by molar-refractivity contribution is 0.0973. The average Bonchev–Trinajstić information content (AvgIpc) is 3.18. The largest absolute Gasteiger partial charge is 0.497 e. The van der Waals surface area contributed by atoms with Gasteiger partial charge in [0.25, 0.3) is 16.6 Å². The number of hydrogen-bond donors (Lipinski definition) is 1. The summed E-state index contributed by atoms with van der Waals surface area (Å²) in [5.41, 5.74) is 1.80. The summed E-state index contributed by atoms with van der Waals surface area (Å²) in [6.45, 7) is 6.38. The van der Waals surface area contributed by atoms with Crippen molar-refractivity contribution in [3.8, 4) is 5.75 Å². The Hall–Kier alpha value is -3.23. The molecule has 0 aliphatic rings. The van der Waals surface area contributed by atoms with Gasteiger partial charge in [0, 0.05) is 5.56 Å². The first-order valence-electron chi connectivity index (χ1n) is 10.1. The molecule has 0 unspecified atom stereocenters. The van der Waals surface area contributed by atoms with Crippen LogP contribution in [0.15, 0.2) is 59.0 Å². The van der Waals surface area contributed by atoms with E-state index in [9.17, 15) is 4.79 Å². The highest BCUT2D eigenvalue weighted by Gasteiger charge is 2.16. The lowest BCUT2D eigenvalue weighted by atomic mass is 10.1. The van der Waals surface area contributed by atoms with Gasteiger partial charge < -0.3 is 14.5 Å². The molecule has 0 spiro atoms. The second kappa shape index (κ2) is 10.7. The van der Waals surface area contributed by atoms with Crippen LogP contribution < -0.4 is 10.1 Å². The molecule has 0 bridgehead atoms. The fourth-order valence-corrected chi connectivity index (χ4v) is 3.10. The molecule has 8 heteroatoms. The predicted molar refractivity (Wildman–Crippen MR) is 123 cm³/mol. The van der Waals surface area contributed by atoms with Gasteiger partial charge in [0.2, 0.25) is 0 Å². The molecule has 0 saturated heterocycles. The molecule has 0 aliphatic heterocycles. The summed E-state index contributed by atoms with van der Waals surface area (Å²) in [5, 5.41) is 7.43. The molecule has 7 nitrogen and oxygen atoms in total. The molecule has 1 heterocycles. The summed E-state index contributed by atoms with van der Waals surface area (Å²) in [6.07, 6.45) is 1.79. The fraction of sp³-hybridized carbons (Fsp3) is 0.261. The van der Waals surface area contributed by atoms with Gasteiger partial charge in [-0.2, -0.15) is 0 Å². The number of aromatic nitrogens is 2. The van der Waals surface area contributed by atoms with Crippen LogP contribution >= 0.6 is 12.2 Å². The van der Waals surface area contributed by atoms with Crippen LogP contribution in [0.5, 0.6) is 5.75 Å². The number of carbonyl (C=O) groups is 1. The molecule has 0 saturated carbocycles. The molecule has 3 aromatic rings. The molecule has 1 N–H and O–H groups in total. The average molecular weight is 439 g/mol. The zero-order valence-corrected chi connectivity index (χ0v) is 18.7. The standard InChI is InChI=1S/C23H26N4O3S/c1-4-26(5-2)16-27-23(31)30-22(25-27)20(15-17-11-13-19(29-3)14-12-17)24-21(28)18-9-7-6-8-10-18/h6-15H,4-5,16H2,1-3H3,(H,24,28)/b20-15-. The Morgan fingerprint density at radius 3 is 2.45 bits per heavy atom. The highest BCUT2D eigenvalue weighted by molar-refractivity contribution is 7.71. The van der Waals surface area contributed by atoms with Gasteiger partial charge in [-0.3, -0.25) is 9.69 Å². The summed E-state index contributed by atoms with van der Waals surface area (Å²) in [4.78, 5) is 15.2. The zero-order chi connectivity index (χ0) is 22.2. The van der Waals surface area contributed by atoms with Crippen LogP contribution in [-0.4, -0.2) is 40.8 Å². The Morgan fingerprint density at radius 2 is 1.84 bits per heavy atom. The first kappa shape index (κ1) is 22.5. The molecular formula is C23H26N4O3S. The smallest absolute Gasteiger partial charge is 0.288 e. The first-order chi connectivity index (χ1) is 15.0. The Morgan fingerprint density at radius 1 is 1.16 bits per heavy atom. The lowest BCUT2D eigenvalue weighted by Crippen LogP contribution is -2.27. The van der Waals surface area contributed by atoms with Crippen molar-refractivity contribution in [1.29, 1.82) is 0 Å². The Labute approximate surface area is 186 Å². The van der Waals surface area contributed by atoms with Gasteiger partial charge in [-0.15, -0.1) is 5.10 Å². The number of rotatable bonds is 9. The highest BCUT2D eigenvalue weighted by atomic mass is 32.1. The Bertz CT molecular complexity index is 1080. The summed E-state index contributed by atoms with van der Waals surface area (Å²) in [5.74, 6) is 0.727. The number of ether oxygens (including phenoxy) is 1. The molecule has 0 aliphatic carbocycles. The molecule has 2 aromatic carbocycles. The van der Waals surface area contributed by atoms with E-state index in [0.717, 1.165) is 24.4 Å². The second-order valence-corrected chi connectivity index (χ2v) is 7.12. The molecule has 0 fully saturated rings. The Balaban J connectivity index is 1.96. The quantitative estimate of drug-likeness (QED) is 0.498. The third-order valence-electron chi connectivity index (χ3n) is 4.78. The van der Waals surface area contributed by atoms with E-state index < -0.39 is 0 Å². The van der Waals surface area contributed by atoms with E-state index in [2.05, 4.69) is 29.2 Å². The van der Waals surface area contributed by atoms with Gasteiger partial charge in [-0.05, 0) is 61.2 Å². The number of carbonyl (C=O) groups excluding carboxylic acids is 1. The fourth-order valence-electron chi connectivity index (χ4n) is 2.92. The molecule has 0 radical (unpaired) electrons. The van der Waals surface area contributed by atoms with E-state index in [1.165, 1.54) is 0 Å². The third-order valence-corrected chi connectivity index (χ3v) is 5.07. The number of methoxy groups -OCH3 is 1. The maximum absolute atomic E-state index is 12.8. The minimum atomic E-state index is -0.264. The van der Waals surface area contributed by atoms with Crippen molar-refractivity contribution >= 4 is 29.9 Å². The molecular weight excluding hydrogens is 412 g/mol. The molecule has 1 amide bonds. The minimum Gasteiger partial charge on any atom is -0.497 e. The molecule has 3 rings (SSSR count). The summed E-state index contributed by atoms with van der Waals surface area (Å²) in [7, 11) is 1.61. The number of hydrogen-bond acceptors (Lipinski definition) is 6. The predicted octanol–water partition coefficient (Wildman–Crippen LogP) is 4.44. The van der Waals surface area contributed by atoms with Gasteiger partial charge in [0.15, 0.2) is 0 Å². The van der Waals surface area contributed by atoms with Crippen molar-refractivity contribution in [3.63, 3.8) is 0 Å². The van der Waals surface area contributed by atoms with Crippen LogP contribution in [0.3, 0.4) is 0 Å². The van der Waals surface area contributed by atoms with Gasteiger partial charge in [-0.25, -0.2) is 4.68 Å². The van der Waals surface area contributed by atoms with Gasteiger partial charge in [-0.1, -0.05) is 44.2 Å². The third kappa shape index (κ3) is 5.90. The maximum Gasteiger partial charge on any atom is 0.288 e. The van der Waals surface area contributed by atoms with E-state index in [-0.39, 0.29) is 16.6 Å². The summed E-state index contributed by atoms with van der Waals surface area (Å²) < 4.78 is 12.6. The van der Waals surface area contributed by atoms with Crippen molar-refractivity contribution in [2.24, 2.45) is 0 Å². The van der Waals surface area contributed by atoms with E-state index in [4.69, 9.17) is 21.4 Å². The van der Waals surface area contributed by atoms with E-state index in [1.54, 1.807) is 30.0 Å². The van der Waals surface area contributed by atoms with Crippen molar-refractivity contribution in [3.05, 3.63) is 76.5 Å². The topological polar surface area (TPSA) is 72.5 Å². The molecule has 0 atom stereocenters. The maximum atomic E-state index is 12.8. The molecule has 162 valence electrons. The SMILES string of the molecule is CCN(CC)Cn1nc(/C(=C/c2ccc(OC)cc2)NC(=O)c2ccccc2)oc1=S. The number of nitrogens with zero attached hydrogens (tertiary/aromatic N) is 3. The van der Waals surface area contributed by atoms with E-state index >= 15 is 0 Å². The van der Waals surface area contributed by atoms with Gasteiger partial charge >= 0.3 is 0 Å². The molecule has 31 heavy (non-hydrogen) atoms. The van der Waals surface area contributed by atoms with E-state index in [1.807, 2.05) is 42.5 Å². The van der Waals surface area contributed by atoms with Crippen molar-refractivity contribution in [1.82, 2.24) is 20.0 Å². The summed E-state index contributed by atoms with van der Waals surface area (Å²) >= 11 is 5.36. The van der Waals surface area contributed by atoms with Gasteiger partial charge in [0.1, 0.15) is 11.4 Å². The molecule has 1 aromatic heterocycles. The van der Waals surface area contributed by atoms with Crippen LogP contribution in [0.2, 0.25) is 0 Å². The van der Waals surface area contributed by atoms with Crippen LogP contribution in [-0.2, 0) is 6.67 Å². The van der Waals surface area contributed by atoms with Crippen molar-refractivity contribution in [2.75, 3.05) is 20.2 Å². The monoisotopic (exact) mass is 438 g/mol. The minimum absolute atomic E-state index is 0.247. The van der Waals surface area contributed by atoms with Crippen LogP contribution in [0, 0.1) is 4.84 Å². The Kier molecular flexibility index (Phi) is 7.75. The highest BCUT2D eigenvalue weighted by Crippen LogP contribution is 2.19. The summed E-state index contributed by atoms with van der Waals surface area (Å²) in [6, 6.07) is 16.4. The van der Waals surface area contributed by atoms with Crippen LogP contribution in [0.25, 0.3) is 11.8 Å².